The first-order chi connectivity index (χ1) is 13.7. The average molecular weight is 412 g/mol. The number of methoxy groups -OCH3 is 1. The van der Waals surface area contributed by atoms with Crippen molar-refractivity contribution in [3.05, 3.63) is 53.9 Å². The predicted octanol–water partition coefficient (Wildman–Crippen LogP) is 3.80. The van der Waals surface area contributed by atoms with Crippen molar-refractivity contribution in [3.63, 3.8) is 0 Å². The van der Waals surface area contributed by atoms with Crippen molar-refractivity contribution in [2.75, 3.05) is 18.2 Å². The molecule has 0 spiro atoms. The van der Waals surface area contributed by atoms with Gasteiger partial charge in [-0.2, -0.15) is 5.26 Å². The zero-order valence-electron chi connectivity index (χ0n) is 15.1. The van der Waals surface area contributed by atoms with E-state index in [9.17, 15) is 4.79 Å². The van der Waals surface area contributed by atoms with Gasteiger partial charge >= 0.3 is 0 Å². The molecule has 1 N–H and O–H groups in total. The molecule has 2 aromatic heterocycles. The van der Waals surface area contributed by atoms with Gasteiger partial charge in [-0.1, -0.05) is 30.0 Å². The van der Waals surface area contributed by atoms with Gasteiger partial charge in [0.15, 0.2) is 11.0 Å². The lowest BCUT2D eigenvalue weighted by molar-refractivity contribution is -0.113. The number of nitriles is 1. The van der Waals surface area contributed by atoms with E-state index in [1.165, 1.54) is 23.1 Å². The zero-order chi connectivity index (χ0) is 19.9. The van der Waals surface area contributed by atoms with Crippen molar-refractivity contribution < 1.29 is 9.53 Å². The molecule has 3 rings (SSSR count). The molecule has 0 fully saturated rings. The van der Waals surface area contributed by atoms with E-state index in [4.69, 9.17) is 10.00 Å². The monoisotopic (exact) mass is 411 g/mol. The molecule has 0 aliphatic heterocycles. The quantitative estimate of drug-likeness (QED) is 0.448. The van der Waals surface area contributed by atoms with Gasteiger partial charge in [0, 0.05) is 6.54 Å². The van der Waals surface area contributed by atoms with Crippen LogP contribution >= 0.6 is 23.1 Å². The number of hydrogen-bond acceptors (Lipinski definition) is 7. The average Bonchev–Trinajstić information content (AvgIpc) is 3.33. The highest BCUT2D eigenvalue weighted by atomic mass is 32.2. The summed E-state index contributed by atoms with van der Waals surface area (Å²) in [6.07, 6.45) is 1.75. The molecule has 9 heteroatoms. The number of thioether (sulfide) groups is 1. The van der Waals surface area contributed by atoms with Gasteiger partial charge in [0.05, 0.1) is 24.0 Å². The number of thiophene rings is 1. The molecule has 0 aliphatic carbocycles. The summed E-state index contributed by atoms with van der Waals surface area (Å²) in [5.41, 5.74) is 1.27. The number of benzene rings is 1. The van der Waals surface area contributed by atoms with Crippen molar-refractivity contribution in [1.82, 2.24) is 14.8 Å². The summed E-state index contributed by atoms with van der Waals surface area (Å²) in [7, 11) is 1.60. The molecule has 1 aromatic carbocycles. The van der Waals surface area contributed by atoms with Gasteiger partial charge in [0.25, 0.3) is 0 Å². The van der Waals surface area contributed by atoms with Crippen LogP contribution in [0.15, 0.2) is 53.5 Å². The summed E-state index contributed by atoms with van der Waals surface area (Å²) in [5.74, 6) is 1.27. The van der Waals surface area contributed by atoms with Gasteiger partial charge in [-0.3, -0.25) is 9.36 Å². The van der Waals surface area contributed by atoms with Crippen LogP contribution in [0.2, 0.25) is 0 Å². The number of carbonyl (C=O) groups excluding carboxylic acids is 1. The highest BCUT2D eigenvalue weighted by molar-refractivity contribution is 7.99. The lowest BCUT2D eigenvalue weighted by atomic mass is 10.2. The number of hydrogen-bond donors (Lipinski definition) is 1. The number of ether oxygens (including phenoxy) is 1. The van der Waals surface area contributed by atoms with Gasteiger partial charge in [-0.05, 0) is 23.6 Å². The molecule has 0 radical (unpaired) electrons. The summed E-state index contributed by atoms with van der Waals surface area (Å²) in [6, 6.07) is 11.3. The van der Waals surface area contributed by atoms with E-state index in [1.807, 2.05) is 28.8 Å². The van der Waals surface area contributed by atoms with Crippen LogP contribution in [0, 0.1) is 11.3 Å². The molecule has 3 aromatic rings. The number of nitrogens with one attached hydrogen (secondary N) is 1. The Labute approximate surface area is 170 Å². The summed E-state index contributed by atoms with van der Waals surface area (Å²) in [4.78, 5) is 12.3. The number of carbonyl (C=O) groups is 1. The Kier molecular flexibility index (Phi) is 6.47. The van der Waals surface area contributed by atoms with Crippen LogP contribution in [0.4, 0.5) is 5.00 Å². The second-order valence-corrected chi connectivity index (χ2v) is 7.38. The highest BCUT2D eigenvalue weighted by Gasteiger charge is 2.18. The summed E-state index contributed by atoms with van der Waals surface area (Å²) >= 11 is 2.59. The van der Waals surface area contributed by atoms with E-state index in [0.717, 1.165) is 5.56 Å². The first-order valence-electron chi connectivity index (χ1n) is 8.25. The summed E-state index contributed by atoms with van der Waals surface area (Å²) < 4.78 is 7.30. The molecule has 0 aliphatic rings. The molecule has 7 nitrogen and oxygen atoms in total. The minimum absolute atomic E-state index is 0.143. The number of rotatable bonds is 8. The maximum absolute atomic E-state index is 12.3. The van der Waals surface area contributed by atoms with Gasteiger partial charge in [0.2, 0.25) is 5.91 Å². The van der Waals surface area contributed by atoms with Crippen molar-refractivity contribution in [3.8, 4) is 23.2 Å². The van der Waals surface area contributed by atoms with Crippen LogP contribution in [-0.2, 0) is 11.3 Å². The maximum Gasteiger partial charge on any atom is 0.235 e. The predicted molar refractivity (Wildman–Crippen MR) is 111 cm³/mol. The van der Waals surface area contributed by atoms with Crippen molar-refractivity contribution in [2.24, 2.45) is 0 Å². The number of amides is 1. The van der Waals surface area contributed by atoms with Crippen LogP contribution in [0.1, 0.15) is 5.56 Å². The van der Waals surface area contributed by atoms with Crippen LogP contribution in [0.25, 0.3) is 11.4 Å². The van der Waals surface area contributed by atoms with Crippen LogP contribution in [0.3, 0.4) is 0 Å². The standard InChI is InChI=1S/C19H17N5O2S2/c1-3-9-24-17(14-6-4-5-7-15(14)26-2)22-23-19(24)28-12-16(25)21-18-13(11-20)8-10-27-18/h3-8,10H,1,9,12H2,2H3,(H,21,25). The Morgan fingerprint density at radius 2 is 2.25 bits per heavy atom. The van der Waals surface area contributed by atoms with E-state index in [0.29, 0.717) is 33.8 Å². The minimum atomic E-state index is -0.212. The summed E-state index contributed by atoms with van der Waals surface area (Å²) in [5, 5.41) is 23.2. The van der Waals surface area contributed by atoms with Crippen LogP contribution in [0.5, 0.6) is 5.75 Å². The number of para-hydroxylation sites is 1. The largest absolute Gasteiger partial charge is 0.496 e. The van der Waals surface area contributed by atoms with E-state index < -0.39 is 0 Å². The molecular weight excluding hydrogens is 394 g/mol. The highest BCUT2D eigenvalue weighted by Crippen LogP contribution is 2.31. The fourth-order valence-corrected chi connectivity index (χ4v) is 4.01. The fourth-order valence-electron chi connectivity index (χ4n) is 2.50. The Morgan fingerprint density at radius 1 is 1.43 bits per heavy atom. The third kappa shape index (κ3) is 4.24. The molecule has 142 valence electrons. The molecular formula is C19H17N5O2S2. The lowest BCUT2D eigenvalue weighted by Crippen LogP contribution is -2.14. The van der Waals surface area contributed by atoms with Gasteiger partial charge in [-0.15, -0.1) is 28.1 Å². The van der Waals surface area contributed by atoms with Crippen molar-refractivity contribution in [1.29, 1.82) is 5.26 Å². The van der Waals surface area contributed by atoms with E-state index in [-0.39, 0.29) is 11.7 Å². The van der Waals surface area contributed by atoms with Crippen LogP contribution < -0.4 is 10.1 Å². The smallest absolute Gasteiger partial charge is 0.235 e. The molecule has 0 atom stereocenters. The molecule has 2 heterocycles. The topological polar surface area (TPSA) is 92.8 Å². The van der Waals surface area contributed by atoms with E-state index >= 15 is 0 Å². The van der Waals surface area contributed by atoms with Gasteiger partial charge in [-0.25, -0.2) is 0 Å². The fraction of sp³-hybridized carbons (Fsp3) is 0.158. The Hall–Kier alpha value is -3.09. The first-order valence-corrected chi connectivity index (χ1v) is 10.1. The number of allylic oxidation sites excluding steroid dienone is 1. The second kappa shape index (κ2) is 9.21. The number of aromatic nitrogens is 3. The van der Waals surface area contributed by atoms with Crippen molar-refractivity contribution in [2.45, 2.75) is 11.7 Å². The number of anilines is 1. The number of nitrogens with zero attached hydrogens (tertiary/aromatic N) is 4. The van der Waals surface area contributed by atoms with E-state index in [2.05, 4.69) is 28.2 Å². The van der Waals surface area contributed by atoms with E-state index in [1.54, 1.807) is 24.6 Å². The normalized spacial score (nSPS) is 10.3. The molecule has 0 bridgehead atoms. The lowest BCUT2D eigenvalue weighted by Gasteiger charge is -2.10. The molecule has 0 unspecified atom stereocenters. The second-order valence-electron chi connectivity index (χ2n) is 5.52. The molecule has 28 heavy (non-hydrogen) atoms. The SMILES string of the molecule is C=CCn1c(SCC(=O)Nc2sccc2C#N)nnc1-c1ccccc1OC. The summed E-state index contributed by atoms with van der Waals surface area (Å²) in [6.45, 7) is 4.29. The molecule has 0 saturated heterocycles. The first kappa shape index (κ1) is 19.7. The Bertz CT molecular complexity index is 1040. The molecule has 0 saturated carbocycles. The third-order valence-electron chi connectivity index (χ3n) is 3.75. The third-order valence-corrected chi connectivity index (χ3v) is 5.54. The molecule has 1 amide bonds. The van der Waals surface area contributed by atoms with Crippen molar-refractivity contribution >= 4 is 34.0 Å². The minimum Gasteiger partial charge on any atom is -0.496 e. The van der Waals surface area contributed by atoms with Gasteiger partial charge in [0.1, 0.15) is 16.8 Å². The van der Waals surface area contributed by atoms with Crippen LogP contribution in [-0.4, -0.2) is 33.5 Å². The zero-order valence-corrected chi connectivity index (χ0v) is 16.7. The Morgan fingerprint density at radius 3 is 3.00 bits per heavy atom. The maximum atomic E-state index is 12.3. The van der Waals surface area contributed by atoms with Gasteiger partial charge < -0.3 is 10.1 Å². The Balaban J connectivity index is 1.77.